The van der Waals surface area contributed by atoms with Crippen LogP contribution in [0.5, 0.6) is 0 Å². The Bertz CT molecular complexity index is 307. The third kappa shape index (κ3) is 2.51. The van der Waals surface area contributed by atoms with Gasteiger partial charge >= 0.3 is 0 Å². The summed E-state index contributed by atoms with van der Waals surface area (Å²) in [6, 6.07) is 1.93. The highest BCUT2D eigenvalue weighted by Crippen LogP contribution is 2.17. The monoisotopic (exact) mass is 210 g/mol. The van der Waals surface area contributed by atoms with Gasteiger partial charge in [-0.3, -0.25) is 9.67 Å². The fourth-order valence-corrected chi connectivity index (χ4v) is 2.15. The molecule has 0 bridgehead atoms. The minimum absolute atomic E-state index is 0.627. The zero-order chi connectivity index (χ0) is 9.80. The molecule has 5 heteroatoms. The fourth-order valence-electron chi connectivity index (χ4n) is 1.28. The average Bonchev–Trinajstić information content (AvgIpc) is 2.77. The highest BCUT2D eigenvalue weighted by molar-refractivity contribution is 8.14. The minimum Gasteiger partial charge on any atom is -0.363 e. The van der Waals surface area contributed by atoms with Gasteiger partial charge in [0.1, 0.15) is 0 Å². The highest BCUT2D eigenvalue weighted by atomic mass is 32.2. The molecule has 14 heavy (non-hydrogen) atoms. The number of thioether (sulfide) groups is 1. The number of hydrogen-bond acceptors (Lipinski definition) is 4. The van der Waals surface area contributed by atoms with Crippen molar-refractivity contribution in [1.29, 1.82) is 0 Å². The Balaban J connectivity index is 1.69. The van der Waals surface area contributed by atoms with Crippen LogP contribution in [0.15, 0.2) is 23.5 Å². The van der Waals surface area contributed by atoms with Crippen LogP contribution in [-0.4, -0.2) is 33.3 Å². The molecule has 0 saturated carbocycles. The summed E-state index contributed by atoms with van der Waals surface area (Å²) in [6.45, 7) is 4.91. The lowest BCUT2D eigenvalue weighted by atomic mass is 10.5. The topological polar surface area (TPSA) is 42.2 Å². The predicted molar refractivity (Wildman–Crippen MR) is 59.6 cm³/mol. The van der Waals surface area contributed by atoms with E-state index >= 15 is 0 Å². The number of aromatic nitrogens is 2. The number of hydrogen-bond donors (Lipinski definition) is 1. The maximum atomic E-state index is 4.37. The number of nitrogens with one attached hydrogen (secondary N) is 1. The molecule has 0 amide bonds. The van der Waals surface area contributed by atoms with Crippen LogP contribution in [0.2, 0.25) is 0 Å². The Morgan fingerprint density at radius 3 is 3.29 bits per heavy atom. The minimum atomic E-state index is 0.627. The molecule has 0 radical (unpaired) electrons. The maximum Gasteiger partial charge on any atom is 0.156 e. The van der Waals surface area contributed by atoms with Crippen LogP contribution in [0, 0.1) is 0 Å². The van der Waals surface area contributed by atoms with Crippen LogP contribution < -0.4 is 5.32 Å². The van der Waals surface area contributed by atoms with Crippen molar-refractivity contribution < 1.29 is 0 Å². The molecule has 1 aliphatic heterocycles. The van der Waals surface area contributed by atoms with Crippen molar-refractivity contribution in [2.45, 2.75) is 18.7 Å². The van der Waals surface area contributed by atoms with Crippen molar-refractivity contribution in [3.05, 3.63) is 18.5 Å². The van der Waals surface area contributed by atoms with Crippen molar-refractivity contribution in [2.24, 2.45) is 4.99 Å². The summed E-state index contributed by atoms with van der Waals surface area (Å²) in [5.74, 6) is 0. The second-order valence-electron chi connectivity index (χ2n) is 3.27. The van der Waals surface area contributed by atoms with E-state index < -0.39 is 0 Å². The molecule has 1 N–H and O–H groups in total. The van der Waals surface area contributed by atoms with Crippen LogP contribution in [0.4, 0.5) is 0 Å². The molecule has 0 aliphatic carbocycles. The van der Waals surface area contributed by atoms with E-state index in [-0.39, 0.29) is 0 Å². The zero-order valence-corrected chi connectivity index (χ0v) is 9.00. The Labute approximate surface area is 87.8 Å². The first-order valence-electron chi connectivity index (χ1n) is 4.77. The van der Waals surface area contributed by atoms with Gasteiger partial charge in [0, 0.05) is 24.2 Å². The number of nitrogens with zero attached hydrogens (tertiary/aromatic N) is 3. The Kier molecular flexibility index (Phi) is 3.08. The van der Waals surface area contributed by atoms with E-state index in [0.29, 0.717) is 5.25 Å². The second kappa shape index (κ2) is 4.50. The molecular formula is C9H14N4S. The molecular weight excluding hydrogens is 196 g/mol. The van der Waals surface area contributed by atoms with Gasteiger partial charge < -0.3 is 5.32 Å². The van der Waals surface area contributed by atoms with Crippen LogP contribution in [0.25, 0.3) is 0 Å². The van der Waals surface area contributed by atoms with Gasteiger partial charge in [-0.15, -0.1) is 0 Å². The van der Waals surface area contributed by atoms with Gasteiger partial charge in [-0.1, -0.05) is 18.7 Å². The molecule has 0 fully saturated rings. The van der Waals surface area contributed by atoms with Gasteiger partial charge in [-0.25, -0.2) is 0 Å². The van der Waals surface area contributed by atoms with E-state index in [1.807, 2.05) is 28.7 Å². The molecule has 2 heterocycles. The SMILES string of the molecule is CC1CN=C(NCCn2cccn2)S1. The molecule has 1 aromatic heterocycles. The average molecular weight is 210 g/mol. The summed E-state index contributed by atoms with van der Waals surface area (Å²) >= 11 is 1.81. The van der Waals surface area contributed by atoms with Crippen molar-refractivity contribution in [2.75, 3.05) is 13.1 Å². The first kappa shape index (κ1) is 9.58. The van der Waals surface area contributed by atoms with Crippen molar-refractivity contribution in [3.63, 3.8) is 0 Å². The largest absolute Gasteiger partial charge is 0.363 e. The third-order valence-corrected chi connectivity index (χ3v) is 3.03. The molecule has 76 valence electrons. The summed E-state index contributed by atoms with van der Waals surface area (Å²) in [5, 5.41) is 9.13. The second-order valence-corrected chi connectivity index (χ2v) is 4.70. The van der Waals surface area contributed by atoms with E-state index in [1.165, 1.54) is 0 Å². The number of amidine groups is 1. The van der Waals surface area contributed by atoms with E-state index in [9.17, 15) is 0 Å². The molecule has 0 spiro atoms. The van der Waals surface area contributed by atoms with Gasteiger partial charge in [-0.2, -0.15) is 5.10 Å². The lowest BCUT2D eigenvalue weighted by Crippen LogP contribution is -2.24. The third-order valence-electron chi connectivity index (χ3n) is 1.98. The standard InChI is InChI=1S/C9H14N4S/c1-8-7-11-9(14-8)10-4-6-13-5-2-3-12-13/h2-3,5,8H,4,6-7H2,1H3,(H,10,11). The van der Waals surface area contributed by atoms with E-state index in [1.54, 1.807) is 6.20 Å². The normalized spacial score (nSPS) is 20.9. The van der Waals surface area contributed by atoms with Crippen molar-refractivity contribution >= 4 is 16.9 Å². The van der Waals surface area contributed by atoms with Gasteiger partial charge in [0.2, 0.25) is 0 Å². The summed E-state index contributed by atoms with van der Waals surface area (Å²) in [6.07, 6.45) is 3.76. The van der Waals surface area contributed by atoms with E-state index in [0.717, 1.165) is 24.8 Å². The maximum absolute atomic E-state index is 4.37. The Morgan fingerprint density at radius 1 is 1.71 bits per heavy atom. The van der Waals surface area contributed by atoms with Gasteiger partial charge in [-0.05, 0) is 6.07 Å². The Morgan fingerprint density at radius 2 is 2.64 bits per heavy atom. The first-order chi connectivity index (χ1) is 6.84. The van der Waals surface area contributed by atoms with E-state index in [4.69, 9.17) is 0 Å². The number of rotatable bonds is 3. The van der Waals surface area contributed by atoms with Gasteiger partial charge in [0.15, 0.2) is 5.17 Å². The van der Waals surface area contributed by atoms with Crippen LogP contribution in [0.3, 0.4) is 0 Å². The van der Waals surface area contributed by atoms with E-state index in [2.05, 4.69) is 22.3 Å². The summed E-state index contributed by atoms with van der Waals surface area (Å²) < 4.78 is 1.91. The zero-order valence-electron chi connectivity index (χ0n) is 8.18. The molecule has 0 aromatic carbocycles. The summed E-state index contributed by atoms with van der Waals surface area (Å²) in [4.78, 5) is 4.37. The van der Waals surface area contributed by atoms with Crippen LogP contribution >= 0.6 is 11.8 Å². The molecule has 1 aromatic rings. The lowest BCUT2D eigenvalue weighted by molar-refractivity contribution is 0.605. The van der Waals surface area contributed by atoms with Crippen molar-refractivity contribution in [1.82, 2.24) is 15.1 Å². The number of aliphatic imine (C=N–C) groups is 1. The highest BCUT2D eigenvalue weighted by Gasteiger charge is 2.13. The molecule has 1 unspecified atom stereocenters. The van der Waals surface area contributed by atoms with Gasteiger partial charge in [0.05, 0.1) is 13.1 Å². The molecule has 0 saturated heterocycles. The van der Waals surface area contributed by atoms with Gasteiger partial charge in [0.25, 0.3) is 0 Å². The van der Waals surface area contributed by atoms with Crippen LogP contribution in [0.1, 0.15) is 6.92 Å². The first-order valence-corrected chi connectivity index (χ1v) is 5.65. The quantitative estimate of drug-likeness (QED) is 0.808. The summed E-state index contributed by atoms with van der Waals surface area (Å²) in [7, 11) is 0. The Hall–Kier alpha value is -0.970. The molecule has 1 atom stereocenters. The molecule has 1 aliphatic rings. The van der Waals surface area contributed by atoms with Crippen molar-refractivity contribution in [3.8, 4) is 0 Å². The predicted octanol–water partition coefficient (Wildman–Crippen LogP) is 0.964. The summed E-state index contributed by atoms with van der Waals surface area (Å²) in [5.41, 5.74) is 0. The fraction of sp³-hybridized carbons (Fsp3) is 0.556. The van der Waals surface area contributed by atoms with Crippen LogP contribution in [-0.2, 0) is 6.54 Å². The molecule has 2 rings (SSSR count). The lowest BCUT2D eigenvalue weighted by Gasteiger charge is -2.05. The molecule has 4 nitrogen and oxygen atoms in total. The smallest absolute Gasteiger partial charge is 0.156 e.